The number of carbonyl (C=O) groups excluding carboxylic acids is 1. The molecule has 4 rings (SSSR count). The van der Waals surface area contributed by atoms with Crippen molar-refractivity contribution in [3.05, 3.63) is 71.3 Å². The highest BCUT2D eigenvalue weighted by atomic mass is 32.1. The van der Waals surface area contributed by atoms with Crippen molar-refractivity contribution in [2.75, 3.05) is 43.0 Å². The van der Waals surface area contributed by atoms with Gasteiger partial charge in [0.1, 0.15) is 5.00 Å². The second kappa shape index (κ2) is 10.4. The number of benzene rings is 2. The first-order valence-electron chi connectivity index (χ1n) is 11.2. The third-order valence-electron chi connectivity index (χ3n) is 5.99. The number of nitrogens with zero attached hydrogens (tertiary/aromatic N) is 2. The van der Waals surface area contributed by atoms with Gasteiger partial charge in [0.05, 0.1) is 12.2 Å². The Hall–Kier alpha value is -2.90. The standard InChI is InChI=1S/C26H29N3O2S2/c1-4-31-25(30)21-17-23(20-10-6-5-7-11-20)33-24(21)27-26(32)29-15-13-28(14-16-29)22-12-8-9-18(2)19(22)3/h5-12,17H,4,13-16H2,1-3H3,(H,27,32). The van der Waals surface area contributed by atoms with E-state index in [1.54, 1.807) is 0 Å². The van der Waals surface area contributed by atoms with E-state index in [4.69, 9.17) is 17.0 Å². The molecule has 0 atom stereocenters. The number of thiocarbonyl (C=S) groups is 1. The van der Waals surface area contributed by atoms with Crippen molar-refractivity contribution in [3.8, 4) is 10.4 Å². The van der Waals surface area contributed by atoms with Crippen LogP contribution in [0.3, 0.4) is 0 Å². The van der Waals surface area contributed by atoms with E-state index in [9.17, 15) is 4.79 Å². The van der Waals surface area contributed by atoms with E-state index < -0.39 is 0 Å². The molecular weight excluding hydrogens is 450 g/mol. The molecule has 0 radical (unpaired) electrons. The third kappa shape index (κ3) is 5.20. The van der Waals surface area contributed by atoms with Crippen LogP contribution in [0, 0.1) is 13.8 Å². The Kier molecular flexibility index (Phi) is 7.30. The zero-order valence-corrected chi connectivity index (χ0v) is 20.9. The molecule has 5 nitrogen and oxygen atoms in total. The van der Waals surface area contributed by atoms with E-state index in [0.29, 0.717) is 17.3 Å². The highest BCUT2D eigenvalue weighted by Gasteiger charge is 2.23. The predicted molar refractivity (Wildman–Crippen MR) is 142 cm³/mol. The molecule has 0 unspecified atom stereocenters. The normalized spacial score (nSPS) is 13.7. The van der Waals surface area contributed by atoms with Crippen LogP contribution in [0.4, 0.5) is 10.7 Å². The number of piperazine rings is 1. The number of hydrogen-bond acceptors (Lipinski definition) is 5. The molecule has 2 heterocycles. The first-order chi connectivity index (χ1) is 16.0. The smallest absolute Gasteiger partial charge is 0.341 e. The van der Waals surface area contributed by atoms with Crippen LogP contribution in [-0.2, 0) is 4.74 Å². The first kappa shape index (κ1) is 23.3. The van der Waals surface area contributed by atoms with E-state index in [1.807, 2.05) is 43.3 Å². The number of nitrogens with one attached hydrogen (secondary N) is 1. The lowest BCUT2D eigenvalue weighted by Crippen LogP contribution is -2.50. The van der Waals surface area contributed by atoms with Gasteiger partial charge in [0.2, 0.25) is 0 Å². The van der Waals surface area contributed by atoms with Crippen LogP contribution in [0.25, 0.3) is 10.4 Å². The minimum Gasteiger partial charge on any atom is -0.462 e. The van der Waals surface area contributed by atoms with Crippen LogP contribution in [0.2, 0.25) is 0 Å². The number of esters is 1. The zero-order chi connectivity index (χ0) is 23.4. The van der Waals surface area contributed by atoms with Gasteiger partial charge in [-0.15, -0.1) is 11.3 Å². The summed E-state index contributed by atoms with van der Waals surface area (Å²) in [4.78, 5) is 18.2. The Morgan fingerprint density at radius 3 is 2.48 bits per heavy atom. The number of ether oxygens (including phenoxy) is 1. The number of anilines is 2. The van der Waals surface area contributed by atoms with Gasteiger partial charge in [0, 0.05) is 36.7 Å². The Morgan fingerprint density at radius 2 is 1.79 bits per heavy atom. The summed E-state index contributed by atoms with van der Waals surface area (Å²) >= 11 is 7.27. The maximum absolute atomic E-state index is 12.6. The van der Waals surface area contributed by atoms with Crippen molar-refractivity contribution in [1.29, 1.82) is 0 Å². The van der Waals surface area contributed by atoms with Crippen LogP contribution in [-0.4, -0.2) is 48.8 Å². The fraction of sp³-hybridized carbons (Fsp3) is 0.308. The van der Waals surface area contributed by atoms with Gasteiger partial charge in [-0.05, 0) is 61.8 Å². The summed E-state index contributed by atoms with van der Waals surface area (Å²) in [5.74, 6) is -0.332. The van der Waals surface area contributed by atoms with Crippen LogP contribution in [0.1, 0.15) is 28.4 Å². The van der Waals surface area contributed by atoms with Gasteiger partial charge < -0.3 is 19.9 Å². The summed E-state index contributed by atoms with van der Waals surface area (Å²) in [7, 11) is 0. The lowest BCUT2D eigenvalue weighted by Gasteiger charge is -2.38. The Morgan fingerprint density at radius 1 is 1.06 bits per heavy atom. The highest BCUT2D eigenvalue weighted by molar-refractivity contribution is 7.80. The van der Waals surface area contributed by atoms with Crippen LogP contribution >= 0.6 is 23.6 Å². The van der Waals surface area contributed by atoms with Crippen molar-refractivity contribution in [1.82, 2.24) is 4.90 Å². The van der Waals surface area contributed by atoms with Gasteiger partial charge in [0.25, 0.3) is 0 Å². The summed E-state index contributed by atoms with van der Waals surface area (Å²) < 4.78 is 5.29. The van der Waals surface area contributed by atoms with Crippen LogP contribution in [0.5, 0.6) is 0 Å². The van der Waals surface area contributed by atoms with E-state index in [2.05, 4.69) is 47.2 Å². The minimum absolute atomic E-state index is 0.332. The number of hydrogen-bond donors (Lipinski definition) is 1. The molecule has 1 aromatic heterocycles. The van der Waals surface area contributed by atoms with Gasteiger partial charge in [-0.3, -0.25) is 0 Å². The SMILES string of the molecule is CCOC(=O)c1cc(-c2ccccc2)sc1NC(=S)N1CCN(c2cccc(C)c2C)CC1. The molecule has 7 heteroatoms. The van der Waals surface area contributed by atoms with Crippen molar-refractivity contribution in [3.63, 3.8) is 0 Å². The average Bonchev–Trinajstić information content (AvgIpc) is 3.25. The average molecular weight is 480 g/mol. The molecule has 2 aromatic carbocycles. The summed E-state index contributed by atoms with van der Waals surface area (Å²) in [6.07, 6.45) is 0. The quantitative estimate of drug-likeness (QED) is 0.373. The van der Waals surface area contributed by atoms with Gasteiger partial charge in [0.15, 0.2) is 5.11 Å². The summed E-state index contributed by atoms with van der Waals surface area (Å²) in [5.41, 5.74) is 5.53. The topological polar surface area (TPSA) is 44.8 Å². The molecule has 33 heavy (non-hydrogen) atoms. The molecule has 1 fully saturated rings. The van der Waals surface area contributed by atoms with Gasteiger partial charge in [-0.1, -0.05) is 42.5 Å². The number of carbonyl (C=O) groups is 1. The third-order valence-corrected chi connectivity index (χ3v) is 7.45. The Balaban J connectivity index is 1.47. The molecule has 3 aromatic rings. The first-order valence-corrected chi connectivity index (χ1v) is 12.4. The van der Waals surface area contributed by atoms with E-state index in [-0.39, 0.29) is 5.97 Å². The number of aryl methyl sites for hydroxylation is 1. The van der Waals surface area contributed by atoms with Crippen molar-refractivity contribution in [2.24, 2.45) is 0 Å². The lowest BCUT2D eigenvalue weighted by molar-refractivity contribution is 0.0528. The molecule has 0 bridgehead atoms. The zero-order valence-electron chi connectivity index (χ0n) is 19.3. The Labute approximate surface area is 205 Å². The summed E-state index contributed by atoms with van der Waals surface area (Å²) in [5, 5.41) is 4.71. The van der Waals surface area contributed by atoms with Gasteiger partial charge in [-0.2, -0.15) is 0 Å². The predicted octanol–water partition coefficient (Wildman–Crippen LogP) is 5.73. The molecular formula is C26H29N3O2S2. The number of rotatable bonds is 5. The molecule has 1 aliphatic heterocycles. The molecule has 0 aliphatic carbocycles. The lowest BCUT2D eigenvalue weighted by atomic mass is 10.1. The van der Waals surface area contributed by atoms with Gasteiger partial charge in [-0.25, -0.2) is 4.79 Å². The summed E-state index contributed by atoms with van der Waals surface area (Å²) in [6, 6.07) is 18.4. The summed E-state index contributed by atoms with van der Waals surface area (Å²) in [6.45, 7) is 9.93. The maximum Gasteiger partial charge on any atom is 0.341 e. The molecule has 0 amide bonds. The molecule has 0 spiro atoms. The number of thiophene rings is 1. The second-order valence-electron chi connectivity index (χ2n) is 8.06. The fourth-order valence-electron chi connectivity index (χ4n) is 3.99. The van der Waals surface area contributed by atoms with E-state index in [1.165, 1.54) is 28.2 Å². The largest absolute Gasteiger partial charge is 0.462 e. The molecule has 0 saturated carbocycles. The maximum atomic E-state index is 12.6. The van der Waals surface area contributed by atoms with E-state index >= 15 is 0 Å². The minimum atomic E-state index is -0.332. The Bertz CT molecular complexity index is 1140. The monoisotopic (exact) mass is 479 g/mol. The van der Waals surface area contributed by atoms with Crippen LogP contribution < -0.4 is 10.2 Å². The van der Waals surface area contributed by atoms with Crippen molar-refractivity contribution in [2.45, 2.75) is 20.8 Å². The second-order valence-corrected chi connectivity index (χ2v) is 9.50. The van der Waals surface area contributed by atoms with Crippen LogP contribution in [0.15, 0.2) is 54.6 Å². The highest BCUT2D eigenvalue weighted by Crippen LogP contribution is 2.36. The van der Waals surface area contributed by atoms with Gasteiger partial charge >= 0.3 is 5.97 Å². The molecule has 1 aliphatic rings. The van der Waals surface area contributed by atoms with Crippen molar-refractivity contribution < 1.29 is 9.53 Å². The van der Waals surface area contributed by atoms with E-state index in [0.717, 1.165) is 41.6 Å². The fourth-order valence-corrected chi connectivity index (χ4v) is 5.39. The van der Waals surface area contributed by atoms with Crippen molar-refractivity contribution >= 4 is 45.3 Å². The molecule has 172 valence electrons. The molecule has 1 N–H and O–H groups in total. The molecule has 1 saturated heterocycles.